The maximum absolute atomic E-state index is 12.0. The Morgan fingerprint density at radius 3 is 2.70 bits per heavy atom. The monoisotopic (exact) mass is 312 g/mol. The highest BCUT2D eigenvalue weighted by molar-refractivity contribution is 6.00. The van der Waals surface area contributed by atoms with Crippen LogP contribution in [0.3, 0.4) is 0 Å². The third kappa shape index (κ3) is 3.32. The van der Waals surface area contributed by atoms with Gasteiger partial charge >= 0.3 is 0 Å². The first-order valence-corrected chi connectivity index (χ1v) is 7.12. The summed E-state index contributed by atoms with van der Waals surface area (Å²) < 4.78 is 10.6. The molecule has 23 heavy (non-hydrogen) atoms. The molecule has 6 heteroatoms. The van der Waals surface area contributed by atoms with Crippen molar-refractivity contribution in [2.75, 3.05) is 6.79 Å². The molecule has 1 amide bonds. The van der Waals surface area contributed by atoms with Gasteiger partial charge in [0.2, 0.25) is 6.79 Å². The second kappa shape index (κ2) is 6.50. The van der Waals surface area contributed by atoms with E-state index in [-0.39, 0.29) is 6.79 Å². The fourth-order valence-corrected chi connectivity index (χ4v) is 2.17. The van der Waals surface area contributed by atoms with Crippen LogP contribution in [-0.4, -0.2) is 23.5 Å². The number of fused-ring (bicyclic) bond motifs is 1. The van der Waals surface area contributed by atoms with E-state index >= 15 is 0 Å². The summed E-state index contributed by atoms with van der Waals surface area (Å²) in [4.78, 5) is 12.0. The lowest BCUT2D eigenvalue weighted by atomic mass is 10.1. The Bertz CT molecular complexity index is 744. The Balaban J connectivity index is 1.68. The lowest BCUT2D eigenvalue weighted by Gasteiger charge is -2.09. The fraction of sp³-hybridized carbons (Fsp3) is 0.176. The van der Waals surface area contributed by atoms with E-state index in [2.05, 4.69) is 10.5 Å². The predicted octanol–water partition coefficient (Wildman–Crippen LogP) is 1.99. The molecule has 1 aliphatic heterocycles. The number of nitrogens with zero attached hydrogens (tertiary/aromatic N) is 1. The Labute approximate surface area is 133 Å². The maximum atomic E-state index is 12.0. The van der Waals surface area contributed by atoms with Gasteiger partial charge in [0, 0.05) is 5.56 Å². The molecule has 3 rings (SSSR count). The number of carbonyl (C=O) groups excluding carboxylic acids is 1. The number of amides is 1. The Hall–Kier alpha value is -2.86. The minimum atomic E-state index is -1.26. The summed E-state index contributed by atoms with van der Waals surface area (Å²) in [6.45, 7) is 1.96. The largest absolute Gasteiger partial charge is 0.454 e. The van der Waals surface area contributed by atoms with Gasteiger partial charge in [-0.2, -0.15) is 5.10 Å². The van der Waals surface area contributed by atoms with Crippen LogP contribution in [0.4, 0.5) is 0 Å². The van der Waals surface area contributed by atoms with Gasteiger partial charge in [-0.3, -0.25) is 4.79 Å². The first kappa shape index (κ1) is 15.1. The summed E-state index contributed by atoms with van der Waals surface area (Å²) in [6.07, 6.45) is -1.26. The molecule has 0 saturated carbocycles. The Morgan fingerprint density at radius 2 is 1.91 bits per heavy atom. The summed E-state index contributed by atoms with van der Waals surface area (Å²) in [5.41, 5.74) is 4.28. The number of carbonyl (C=O) groups is 1. The van der Waals surface area contributed by atoms with Crippen molar-refractivity contribution < 1.29 is 19.4 Å². The lowest BCUT2D eigenvalue weighted by molar-refractivity contribution is -0.129. The number of rotatable bonds is 4. The number of ether oxygens (including phenoxy) is 2. The van der Waals surface area contributed by atoms with E-state index in [1.807, 2.05) is 12.1 Å². The molecule has 1 heterocycles. The lowest BCUT2D eigenvalue weighted by Crippen LogP contribution is -2.26. The number of hydrogen-bond donors (Lipinski definition) is 2. The molecule has 0 radical (unpaired) electrons. The second-order valence-electron chi connectivity index (χ2n) is 5.05. The summed E-state index contributed by atoms with van der Waals surface area (Å²) in [6, 6.07) is 14.1. The summed E-state index contributed by atoms with van der Waals surface area (Å²) in [7, 11) is 0. The van der Waals surface area contributed by atoms with Gasteiger partial charge in [-0.15, -0.1) is 0 Å². The molecule has 118 valence electrons. The topological polar surface area (TPSA) is 80.2 Å². The van der Waals surface area contributed by atoms with Crippen molar-refractivity contribution in [1.82, 2.24) is 5.43 Å². The van der Waals surface area contributed by atoms with E-state index in [0.717, 1.165) is 5.56 Å². The highest BCUT2D eigenvalue weighted by Crippen LogP contribution is 2.32. The van der Waals surface area contributed by atoms with Gasteiger partial charge in [-0.05, 0) is 30.7 Å². The third-order valence-electron chi connectivity index (χ3n) is 3.49. The molecule has 1 atom stereocenters. The first-order valence-electron chi connectivity index (χ1n) is 7.12. The smallest absolute Gasteiger partial charge is 0.273 e. The Kier molecular flexibility index (Phi) is 4.25. The first-order chi connectivity index (χ1) is 11.1. The molecule has 0 aliphatic carbocycles. The molecule has 1 aliphatic rings. The highest BCUT2D eigenvalue weighted by Gasteiger charge is 2.17. The van der Waals surface area contributed by atoms with Gasteiger partial charge in [0.15, 0.2) is 17.6 Å². The van der Waals surface area contributed by atoms with Gasteiger partial charge in [0.25, 0.3) is 5.91 Å². The van der Waals surface area contributed by atoms with Gasteiger partial charge < -0.3 is 14.6 Å². The van der Waals surface area contributed by atoms with Gasteiger partial charge in [0.1, 0.15) is 0 Å². The number of aliphatic hydroxyl groups excluding tert-OH is 1. The Morgan fingerprint density at radius 1 is 1.17 bits per heavy atom. The predicted molar refractivity (Wildman–Crippen MR) is 84.3 cm³/mol. The molecule has 2 aromatic rings. The highest BCUT2D eigenvalue weighted by atomic mass is 16.7. The van der Waals surface area contributed by atoms with E-state index in [0.29, 0.717) is 22.8 Å². The summed E-state index contributed by atoms with van der Waals surface area (Å²) in [5, 5.41) is 14.0. The van der Waals surface area contributed by atoms with E-state index < -0.39 is 12.0 Å². The van der Waals surface area contributed by atoms with Crippen molar-refractivity contribution in [2.24, 2.45) is 5.10 Å². The number of nitrogens with one attached hydrogen (secondary N) is 1. The van der Waals surface area contributed by atoms with Gasteiger partial charge in [-0.1, -0.05) is 30.3 Å². The molecule has 0 bridgehead atoms. The average Bonchev–Trinajstić information content (AvgIpc) is 3.07. The quantitative estimate of drug-likeness (QED) is 0.668. The van der Waals surface area contributed by atoms with Crippen molar-refractivity contribution in [2.45, 2.75) is 13.0 Å². The second-order valence-corrected chi connectivity index (χ2v) is 5.05. The van der Waals surface area contributed by atoms with Crippen molar-refractivity contribution >= 4 is 11.6 Å². The van der Waals surface area contributed by atoms with Crippen LogP contribution < -0.4 is 14.9 Å². The summed E-state index contributed by atoms with van der Waals surface area (Å²) in [5.74, 6) is 0.745. The van der Waals surface area contributed by atoms with Crippen LogP contribution in [-0.2, 0) is 4.79 Å². The average molecular weight is 312 g/mol. The molecule has 1 unspecified atom stereocenters. The SMILES string of the molecule is C/C(=N\NC(=O)C(O)c1ccccc1)c1ccc2c(c1)OCO2. The van der Waals surface area contributed by atoms with Crippen molar-refractivity contribution in [3.63, 3.8) is 0 Å². The van der Waals surface area contributed by atoms with Crippen LogP contribution in [0.5, 0.6) is 11.5 Å². The van der Waals surface area contributed by atoms with Crippen molar-refractivity contribution in [3.05, 3.63) is 59.7 Å². The van der Waals surface area contributed by atoms with Crippen LogP contribution in [0.25, 0.3) is 0 Å². The molecular weight excluding hydrogens is 296 g/mol. The molecule has 0 aromatic heterocycles. The molecule has 6 nitrogen and oxygen atoms in total. The van der Waals surface area contributed by atoms with Crippen LogP contribution in [0, 0.1) is 0 Å². The van der Waals surface area contributed by atoms with E-state index in [1.165, 1.54) is 0 Å². The van der Waals surface area contributed by atoms with Crippen LogP contribution in [0.2, 0.25) is 0 Å². The molecule has 0 spiro atoms. The zero-order chi connectivity index (χ0) is 16.2. The van der Waals surface area contributed by atoms with Crippen LogP contribution in [0.15, 0.2) is 53.6 Å². The van der Waals surface area contributed by atoms with Gasteiger partial charge in [0.05, 0.1) is 5.71 Å². The van der Waals surface area contributed by atoms with Crippen LogP contribution >= 0.6 is 0 Å². The van der Waals surface area contributed by atoms with E-state index in [9.17, 15) is 9.90 Å². The zero-order valence-electron chi connectivity index (χ0n) is 12.5. The molecule has 2 N–H and O–H groups in total. The normalized spacial score (nSPS) is 14.4. The number of aliphatic hydroxyl groups is 1. The fourth-order valence-electron chi connectivity index (χ4n) is 2.17. The molecule has 0 saturated heterocycles. The zero-order valence-corrected chi connectivity index (χ0v) is 12.5. The number of hydrogen-bond acceptors (Lipinski definition) is 5. The van der Waals surface area contributed by atoms with E-state index in [1.54, 1.807) is 43.3 Å². The minimum Gasteiger partial charge on any atom is -0.454 e. The number of hydrazone groups is 1. The number of benzene rings is 2. The van der Waals surface area contributed by atoms with Crippen molar-refractivity contribution in [1.29, 1.82) is 0 Å². The molecule has 0 fully saturated rings. The van der Waals surface area contributed by atoms with Crippen LogP contribution in [0.1, 0.15) is 24.2 Å². The summed E-state index contributed by atoms with van der Waals surface area (Å²) >= 11 is 0. The van der Waals surface area contributed by atoms with Crippen molar-refractivity contribution in [3.8, 4) is 11.5 Å². The maximum Gasteiger partial charge on any atom is 0.273 e. The molecular formula is C17H16N2O4. The minimum absolute atomic E-state index is 0.203. The van der Waals surface area contributed by atoms with E-state index in [4.69, 9.17) is 9.47 Å². The standard InChI is InChI=1S/C17H16N2O4/c1-11(13-7-8-14-15(9-13)23-10-22-14)18-19-17(21)16(20)12-5-3-2-4-6-12/h2-9,16,20H,10H2,1H3,(H,19,21)/b18-11+. The van der Waals surface area contributed by atoms with Gasteiger partial charge in [-0.25, -0.2) is 5.43 Å². The third-order valence-corrected chi connectivity index (χ3v) is 3.49. The molecule has 2 aromatic carbocycles.